The lowest BCUT2D eigenvalue weighted by Crippen LogP contribution is -2.51. The highest BCUT2D eigenvalue weighted by Gasteiger charge is 2.37. The van der Waals surface area contributed by atoms with Crippen LogP contribution in [0, 0.1) is 12.8 Å². The van der Waals surface area contributed by atoms with Crippen molar-refractivity contribution in [3.8, 4) is 0 Å². The van der Waals surface area contributed by atoms with Crippen molar-refractivity contribution in [1.82, 2.24) is 19.6 Å². The topological polar surface area (TPSA) is 61.7 Å². The van der Waals surface area contributed by atoms with E-state index in [1.807, 2.05) is 53.0 Å². The Kier molecular flexibility index (Phi) is 5.43. The van der Waals surface area contributed by atoms with Gasteiger partial charge in [-0.05, 0) is 25.1 Å². The zero-order valence-electron chi connectivity index (χ0n) is 16.3. The van der Waals surface area contributed by atoms with Crippen LogP contribution in [0.4, 0.5) is 5.69 Å². The number of hydrogen-bond acceptors (Lipinski definition) is 4. The Balaban J connectivity index is 1.28. The molecule has 1 unspecified atom stereocenters. The predicted molar refractivity (Wildman–Crippen MR) is 107 cm³/mol. The van der Waals surface area contributed by atoms with Crippen molar-refractivity contribution in [2.75, 3.05) is 44.2 Å². The molecule has 2 aliphatic rings. The standard InChI is InChI=1S/C21H27N5O2/c1-17-3-5-19(6-4-17)26-16-18(15-20(26)27)21(28)24-12-9-23(10-13-24)11-14-25-8-2-7-22-25/h2-8,18H,9-16H2,1H3. The molecule has 7 nitrogen and oxygen atoms in total. The van der Waals surface area contributed by atoms with Crippen LogP contribution < -0.4 is 4.90 Å². The molecule has 2 saturated heterocycles. The number of carbonyl (C=O) groups is 2. The Hall–Kier alpha value is -2.67. The minimum Gasteiger partial charge on any atom is -0.340 e. The van der Waals surface area contributed by atoms with Crippen LogP contribution in [0.15, 0.2) is 42.7 Å². The number of nitrogens with zero attached hydrogens (tertiary/aromatic N) is 5. The number of amides is 2. The number of benzene rings is 1. The summed E-state index contributed by atoms with van der Waals surface area (Å²) in [6, 6.07) is 9.84. The number of rotatable bonds is 5. The van der Waals surface area contributed by atoms with E-state index in [1.54, 1.807) is 11.1 Å². The van der Waals surface area contributed by atoms with E-state index < -0.39 is 0 Å². The molecular weight excluding hydrogens is 354 g/mol. The monoisotopic (exact) mass is 381 g/mol. The zero-order chi connectivity index (χ0) is 19.5. The average molecular weight is 381 g/mol. The minimum atomic E-state index is -0.232. The van der Waals surface area contributed by atoms with Gasteiger partial charge >= 0.3 is 0 Å². The van der Waals surface area contributed by atoms with E-state index in [0.29, 0.717) is 13.0 Å². The Morgan fingerprint density at radius 1 is 1.11 bits per heavy atom. The molecule has 2 amide bonds. The Bertz CT molecular complexity index is 810. The Morgan fingerprint density at radius 3 is 2.54 bits per heavy atom. The first-order valence-corrected chi connectivity index (χ1v) is 9.96. The van der Waals surface area contributed by atoms with Crippen LogP contribution in [-0.4, -0.2) is 70.7 Å². The molecule has 148 valence electrons. The first kappa shape index (κ1) is 18.7. The summed E-state index contributed by atoms with van der Waals surface area (Å²) in [6.07, 6.45) is 4.07. The molecule has 3 heterocycles. The van der Waals surface area contributed by atoms with Crippen LogP contribution in [0.25, 0.3) is 0 Å². The highest BCUT2D eigenvalue weighted by atomic mass is 16.2. The van der Waals surface area contributed by atoms with Crippen LogP contribution in [0.5, 0.6) is 0 Å². The van der Waals surface area contributed by atoms with E-state index >= 15 is 0 Å². The van der Waals surface area contributed by atoms with E-state index in [1.165, 1.54) is 0 Å². The second-order valence-electron chi connectivity index (χ2n) is 7.68. The van der Waals surface area contributed by atoms with E-state index in [2.05, 4.69) is 10.00 Å². The van der Waals surface area contributed by atoms with Gasteiger partial charge in [-0.3, -0.25) is 19.2 Å². The lowest BCUT2D eigenvalue weighted by atomic mass is 10.1. The molecule has 0 radical (unpaired) electrons. The van der Waals surface area contributed by atoms with Gasteiger partial charge in [0.2, 0.25) is 11.8 Å². The second-order valence-corrected chi connectivity index (χ2v) is 7.68. The molecule has 2 fully saturated rings. The summed E-state index contributed by atoms with van der Waals surface area (Å²) in [7, 11) is 0. The van der Waals surface area contributed by atoms with E-state index in [4.69, 9.17) is 0 Å². The molecule has 4 rings (SSSR count). The summed E-state index contributed by atoms with van der Waals surface area (Å²) in [5.41, 5.74) is 2.04. The number of hydrogen-bond donors (Lipinski definition) is 0. The average Bonchev–Trinajstić information content (AvgIpc) is 3.37. The van der Waals surface area contributed by atoms with Crippen molar-refractivity contribution < 1.29 is 9.59 Å². The quantitative estimate of drug-likeness (QED) is 0.785. The van der Waals surface area contributed by atoms with Gasteiger partial charge in [-0.25, -0.2) is 0 Å². The van der Waals surface area contributed by atoms with Crippen LogP contribution in [-0.2, 0) is 16.1 Å². The third kappa shape index (κ3) is 4.09. The van der Waals surface area contributed by atoms with E-state index in [-0.39, 0.29) is 17.7 Å². The molecule has 1 atom stereocenters. The van der Waals surface area contributed by atoms with E-state index in [0.717, 1.165) is 50.5 Å². The van der Waals surface area contributed by atoms with Gasteiger partial charge in [0, 0.05) is 63.8 Å². The van der Waals surface area contributed by atoms with Gasteiger partial charge in [0.05, 0.1) is 12.5 Å². The predicted octanol–water partition coefficient (Wildman–Crippen LogP) is 1.39. The molecule has 1 aromatic heterocycles. The molecule has 2 aromatic rings. The van der Waals surface area contributed by atoms with Gasteiger partial charge in [0.1, 0.15) is 0 Å². The van der Waals surface area contributed by atoms with Crippen molar-refractivity contribution in [2.45, 2.75) is 19.9 Å². The minimum absolute atomic E-state index is 0.0417. The molecule has 1 aromatic carbocycles. The van der Waals surface area contributed by atoms with Crippen molar-refractivity contribution in [1.29, 1.82) is 0 Å². The number of piperazine rings is 1. The fourth-order valence-corrected chi connectivity index (χ4v) is 3.97. The normalized spacial score (nSPS) is 20.8. The summed E-state index contributed by atoms with van der Waals surface area (Å²) in [5, 5.41) is 4.23. The lowest BCUT2D eigenvalue weighted by molar-refractivity contribution is -0.137. The summed E-state index contributed by atoms with van der Waals surface area (Å²) < 4.78 is 1.93. The molecule has 0 aliphatic carbocycles. The number of anilines is 1. The van der Waals surface area contributed by atoms with Gasteiger partial charge in [-0.15, -0.1) is 0 Å². The molecule has 2 aliphatic heterocycles. The fraction of sp³-hybridized carbons (Fsp3) is 0.476. The van der Waals surface area contributed by atoms with Gasteiger partial charge in [-0.2, -0.15) is 5.10 Å². The van der Waals surface area contributed by atoms with Crippen molar-refractivity contribution in [2.24, 2.45) is 5.92 Å². The van der Waals surface area contributed by atoms with Crippen molar-refractivity contribution in [3.63, 3.8) is 0 Å². The highest BCUT2D eigenvalue weighted by Crippen LogP contribution is 2.27. The zero-order valence-corrected chi connectivity index (χ0v) is 16.3. The Labute approximate surface area is 165 Å². The maximum atomic E-state index is 12.9. The summed E-state index contributed by atoms with van der Waals surface area (Å²) in [5.74, 6) is -0.0702. The van der Waals surface area contributed by atoms with Gasteiger partial charge in [0.15, 0.2) is 0 Å². The lowest BCUT2D eigenvalue weighted by Gasteiger charge is -2.35. The molecule has 28 heavy (non-hydrogen) atoms. The first-order chi connectivity index (χ1) is 13.6. The van der Waals surface area contributed by atoms with Crippen LogP contribution in [0.1, 0.15) is 12.0 Å². The third-order valence-corrected chi connectivity index (χ3v) is 5.71. The van der Waals surface area contributed by atoms with Gasteiger partial charge in [-0.1, -0.05) is 17.7 Å². The second kappa shape index (κ2) is 8.14. The molecule has 0 spiro atoms. The van der Waals surface area contributed by atoms with Crippen LogP contribution in [0.3, 0.4) is 0 Å². The van der Waals surface area contributed by atoms with Gasteiger partial charge in [0.25, 0.3) is 0 Å². The maximum Gasteiger partial charge on any atom is 0.228 e. The molecule has 0 N–H and O–H groups in total. The maximum absolute atomic E-state index is 12.9. The number of carbonyl (C=O) groups excluding carboxylic acids is 2. The largest absolute Gasteiger partial charge is 0.340 e. The van der Waals surface area contributed by atoms with Crippen LogP contribution >= 0.6 is 0 Å². The first-order valence-electron chi connectivity index (χ1n) is 9.96. The number of aryl methyl sites for hydroxylation is 1. The number of aromatic nitrogens is 2. The summed E-state index contributed by atoms with van der Waals surface area (Å²) >= 11 is 0. The van der Waals surface area contributed by atoms with E-state index in [9.17, 15) is 9.59 Å². The SMILES string of the molecule is Cc1ccc(N2CC(C(=O)N3CCN(CCn4cccn4)CC3)CC2=O)cc1. The molecular formula is C21H27N5O2. The summed E-state index contributed by atoms with van der Waals surface area (Å²) in [6.45, 7) is 7.51. The third-order valence-electron chi connectivity index (χ3n) is 5.71. The Morgan fingerprint density at radius 2 is 1.86 bits per heavy atom. The van der Waals surface area contributed by atoms with Crippen molar-refractivity contribution in [3.05, 3.63) is 48.3 Å². The molecule has 0 bridgehead atoms. The van der Waals surface area contributed by atoms with Crippen molar-refractivity contribution >= 4 is 17.5 Å². The molecule has 7 heteroatoms. The van der Waals surface area contributed by atoms with Gasteiger partial charge < -0.3 is 9.80 Å². The van der Waals surface area contributed by atoms with Crippen LogP contribution in [0.2, 0.25) is 0 Å². The molecule has 0 saturated carbocycles. The fourth-order valence-electron chi connectivity index (χ4n) is 3.97. The smallest absolute Gasteiger partial charge is 0.228 e. The highest BCUT2D eigenvalue weighted by molar-refractivity contribution is 6.00. The summed E-state index contributed by atoms with van der Waals surface area (Å²) in [4.78, 5) is 31.4.